The molecule has 0 spiro atoms. The van der Waals surface area contributed by atoms with E-state index in [2.05, 4.69) is 0 Å². The average Bonchev–Trinajstić information content (AvgIpc) is 2.26. The second kappa shape index (κ2) is 5.40. The van der Waals surface area contributed by atoms with E-state index in [4.69, 9.17) is 5.73 Å². The molecule has 0 fully saturated rings. The predicted molar refractivity (Wildman–Crippen MR) is 58.3 cm³/mol. The lowest BCUT2D eigenvalue weighted by Gasteiger charge is -2.19. The van der Waals surface area contributed by atoms with Crippen molar-refractivity contribution in [2.75, 3.05) is 0 Å². The lowest BCUT2D eigenvalue weighted by molar-refractivity contribution is -0.143. The van der Waals surface area contributed by atoms with Gasteiger partial charge in [0, 0.05) is 6.04 Å². The maximum Gasteiger partial charge on any atom is 0.416 e. The molecule has 0 saturated carbocycles. The fourth-order valence-electron chi connectivity index (χ4n) is 1.77. The third-order valence-corrected chi connectivity index (χ3v) is 2.69. The summed E-state index contributed by atoms with van der Waals surface area (Å²) in [5.74, 6) is 0. The van der Waals surface area contributed by atoms with Crippen LogP contribution in [0.5, 0.6) is 0 Å². The van der Waals surface area contributed by atoms with Gasteiger partial charge in [0.2, 0.25) is 0 Å². The summed E-state index contributed by atoms with van der Waals surface area (Å²) in [5, 5.41) is 0. The van der Waals surface area contributed by atoms with Crippen molar-refractivity contribution in [2.24, 2.45) is 5.73 Å². The highest BCUT2D eigenvalue weighted by Gasteiger charge is 2.38. The van der Waals surface area contributed by atoms with Crippen molar-refractivity contribution < 1.29 is 26.3 Å². The van der Waals surface area contributed by atoms with E-state index < -0.39 is 29.5 Å². The molecule has 0 aliphatic carbocycles. The van der Waals surface area contributed by atoms with Crippen molar-refractivity contribution in [2.45, 2.75) is 38.2 Å². The van der Waals surface area contributed by atoms with Crippen molar-refractivity contribution >= 4 is 0 Å². The van der Waals surface area contributed by atoms with Crippen LogP contribution in [0, 0.1) is 0 Å². The number of hydrogen-bond acceptors (Lipinski definition) is 1. The molecule has 1 atom stereocenters. The minimum absolute atomic E-state index is 0.116. The lowest BCUT2D eigenvalue weighted by Crippen LogP contribution is -2.19. The molecule has 1 aromatic carbocycles. The number of benzene rings is 1. The summed E-state index contributed by atoms with van der Waals surface area (Å²) >= 11 is 0. The first-order valence-electron chi connectivity index (χ1n) is 5.61. The second-order valence-electron chi connectivity index (χ2n) is 4.19. The molecule has 0 saturated heterocycles. The standard InChI is InChI=1S/C12H13F6N/c1-2-3-10(19)8-5-4-7(11(13,14)15)6-9(8)12(16,17)18/h4-6,10H,2-3,19H2,1H3. The maximum absolute atomic E-state index is 12.8. The second-order valence-corrected chi connectivity index (χ2v) is 4.19. The molecular weight excluding hydrogens is 272 g/mol. The van der Waals surface area contributed by atoms with Gasteiger partial charge in [0.25, 0.3) is 0 Å². The van der Waals surface area contributed by atoms with Crippen LogP contribution >= 0.6 is 0 Å². The van der Waals surface area contributed by atoms with Gasteiger partial charge in [-0.3, -0.25) is 0 Å². The topological polar surface area (TPSA) is 26.0 Å². The van der Waals surface area contributed by atoms with Crippen LogP contribution in [0.1, 0.15) is 42.5 Å². The Morgan fingerprint density at radius 3 is 2.05 bits per heavy atom. The van der Waals surface area contributed by atoms with Gasteiger partial charge < -0.3 is 5.73 Å². The largest absolute Gasteiger partial charge is 0.416 e. The highest BCUT2D eigenvalue weighted by molar-refractivity contribution is 5.37. The molecule has 108 valence electrons. The van der Waals surface area contributed by atoms with E-state index >= 15 is 0 Å². The molecule has 1 rings (SSSR count). The number of rotatable bonds is 3. The van der Waals surface area contributed by atoms with Gasteiger partial charge in [0.1, 0.15) is 0 Å². The first kappa shape index (κ1) is 15.8. The summed E-state index contributed by atoms with van der Waals surface area (Å²) in [5.41, 5.74) is 2.63. The Balaban J connectivity index is 3.33. The molecule has 19 heavy (non-hydrogen) atoms. The van der Waals surface area contributed by atoms with Gasteiger partial charge in [0.05, 0.1) is 11.1 Å². The van der Waals surface area contributed by atoms with Crippen LogP contribution in [0.3, 0.4) is 0 Å². The zero-order chi connectivity index (χ0) is 14.8. The average molecular weight is 285 g/mol. The third-order valence-electron chi connectivity index (χ3n) is 2.69. The summed E-state index contributed by atoms with van der Waals surface area (Å²) in [6, 6.07) is 0.626. The van der Waals surface area contributed by atoms with Gasteiger partial charge in [-0.1, -0.05) is 19.4 Å². The maximum atomic E-state index is 12.8. The number of alkyl halides is 6. The Kier molecular flexibility index (Phi) is 4.50. The fourth-order valence-corrected chi connectivity index (χ4v) is 1.77. The van der Waals surface area contributed by atoms with E-state index in [0.717, 1.165) is 6.07 Å². The molecule has 7 heteroatoms. The predicted octanol–water partition coefficient (Wildman–Crippen LogP) is 4.52. The van der Waals surface area contributed by atoms with Crippen molar-refractivity contribution in [3.63, 3.8) is 0 Å². The molecule has 1 nitrogen and oxygen atoms in total. The summed E-state index contributed by atoms with van der Waals surface area (Å²) < 4.78 is 75.7. The van der Waals surface area contributed by atoms with Crippen LogP contribution in [-0.2, 0) is 12.4 Å². The molecule has 0 aliphatic rings. The Morgan fingerprint density at radius 1 is 1.05 bits per heavy atom. The van der Waals surface area contributed by atoms with E-state index in [-0.39, 0.29) is 18.1 Å². The summed E-state index contributed by atoms with van der Waals surface area (Å²) in [6.45, 7) is 1.73. The molecule has 0 aromatic heterocycles. The number of hydrogen-bond donors (Lipinski definition) is 1. The van der Waals surface area contributed by atoms with Crippen LogP contribution in [0.15, 0.2) is 18.2 Å². The van der Waals surface area contributed by atoms with E-state index in [9.17, 15) is 26.3 Å². The van der Waals surface area contributed by atoms with Crippen molar-refractivity contribution in [1.82, 2.24) is 0 Å². The zero-order valence-electron chi connectivity index (χ0n) is 10.1. The monoisotopic (exact) mass is 285 g/mol. The van der Waals surface area contributed by atoms with Gasteiger partial charge in [-0.05, 0) is 24.1 Å². The summed E-state index contributed by atoms with van der Waals surface area (Å²) in [7, 11) is 0. The van der Waals surface area contributed by atoms with E-state index in [1.54, 1.807) is 6.92 Å². The first-order valence-corrected chi connectivity index (χ1v) is 5.61. The Labute approximate surface area is 106 Å². The van der Waals surface area contributed by atoms with Crippen LogP contribution in [0.4, 0.5) is 26.3 Å². The first-order chi connectivity index (χ1) is 8.57. The summed E-state index contributed by atoms with van der Waals surface area (Å²) in [6.07, 6.45) is -8.86. The molecule has 1 unspecified atom stereocenters. The van der Waals surface area contributed by atoms with Crippen LogP contribution < -0.4 is 5.73 Å². The lowest BCUT2D eigenvalue weighted by atomic mass is 9.95. The minimum Gasteiger partial charge on any atom is -0.324 e. The summed E-state index contributed by atoms with van der Waals surface area (Å²) in [4.78, 5) is 0. The third kappa shape index (κ3) is 3.86. The van der Waals surface area contributed by atoms with E-state index in [1.807, 2.05) is 0 Å². The molecule has 0 aliphatic heterocycles. The Hall–Kier alpha value is -1.24. The van der Waals surface area contributed by atoms with Crippen LogP contribution in [0.2, 0.25) is 0 Å². The molecule has 0 bridgehead atoms. The molecule has 1 aromatic rings. The van der Waals surface area contributed by atoms with Gasteiger partial charge in [0.15, 0.2) is 0 Å². The molecule has 2 N–H and O–H groups in total. The van der Waals surface area contributed by atoms with Gasteiger partial charge in [-0.15, -0.1) is 0 Å². The normalized spacial score (nSPS) is 14.5. The Bertz CT molecular complexity index is 435. The SMILES string of the molecule is CCCC(N)c1ccc(C(F)(F)F)cc1C(F)(F)F. The van der Waals surface area contributed by atoms with Crippen LogP contribution in [-0.4, -0.2) is 0 Å². The quantitative estimate of drug-likeness (QED) is 0.812. The van der Waals surface area contributed by atoms with Crippen molar-refractivity contribution in [1.29, 1.82) is 0 Å². The fraction of sp³-hybridized carbons (Fsp3) is 0.500. The molecule has 0 amide bonds. The highest BCUT2D eigenvalue weighted by atomic mass is 19.4. The van der Waals surface area contributed by atoms with Gasteiger partial charge in [-0.25, -0.2) is 0 Å². The zero-order valence-corrected chi connectivity index (χ0v) is 10.1. The molecular formula is C12H13F6N. The van der Waals surface area contributed by atoms with Gasteiger partial charge >= 0.3 is 12.4 Å². The van der Waals surface area contributed by atoms with Crippen LogP contribution in [0.25, 0.3) is 0 Å². The van der Waals surface area contributed by atoms with Gasteiger partial charge in [-0.2, -0.15) is 26.3 Å². The highest BCUT2D eigenvalue weighted by Crippen LogP contribution is 2.39. The minimum atomic E-state index is -4.86. The van der Waals surface area contributed by atoms with Crippen molar-refractivity contribution in [3.8, 4) is 0 Å². The smallest absolute Gasteiger partial charge is 0.324 e. The number of nitrogens with two attached hydrogens (primary N) is 1. The molecule has 0 radical (unpaired) electrons. The van der Waals surface area contributed by atoms with E-state index in [0.29, 0.717) is 12.5 Å². The molecule has 0 heterocycles. The number of halogens is 6. The van der Waals surface area contributed by atoms with E-state index in [1.165, 1.54) is 0 Å². The Morgan fingerprint density at radius 2 is 1.63 bits per heavy atom. The van der Waals surface area contributed by atoms with Crippen molar-refractivity contribution in [3.05, 3.63) is 34.9 Å².